The number of amides is 1. The van der Waals surface area contributed by atoms with Gasteiger partial charge in [-0.2, -0.15) is 13.2 Å². The molecule has 0 fully saturated rings. The molecule has 0 unspecified atom stereocenters. The molecular formula is C23H16F3N3O3. The molecule has 0 spiro atoms. The Morgan fingerprint density at radius 2 is 1.56 bits per heavy atom. The monoisotopic (exact) mass is 439 g/mol. The molecule has 4 rings (SSSR count). The summed E-state index contributed by atoms with van der Waals surface area (Å²) in [6.45, 7) is -0.665. The highest BCUT2D eigenvalue weighted by molar-refractivity contribution is 6.04. The number of aromatic nitrogens is 2. The van der Waals surface area contributed by atoms with Crippen LogP contribution >= 0.6 is 0 Å². The Labute approximate surface area is 180 Å². The van der Waals surface area contributed by atoms with Crippen molar-refractivity contribution in [1.82, 2.24) is 9.55 Å². The summed E-state index contributed by atoms with van der Waals surface area (Å²) in [5.74, 6) is -2.23. The van der Waals surface area contributed by atoms with Crippen LogP contribution in [0.1, 0.15) is 16.2 Å². The summed E-state index contributed by atoms with van der Waals surface area (Å²) >= 11 is 0. The van der Waals surface area contributed by atoms with Crippen molar-refractivity contribution >= 4 is 28.6 Å². The number of fused-ring (bicyclic) bond motifs is 1. The number of nitrogens with zero attached hydrogens (tertiary/aromatic N) is 2. The molecule has 1 amide bonds. The van der Waals surface area contributed by atoms with Crippen LogP contribution in [0.3, 0.4) is 0 Å². The van der Waals surface area contributed by atoms with Gasteiger partial charge in [0, 0.05) is 11.3 Å². The van der Waals surface area contributed by atoms with Gasteiger partial charge in [-0.1, -0.05) is 30.3 Å². The topological polar surface area (TPSA) is 73.2 Å². The van der Waals surface area contributed by atoms with Gasteiger partial charge in [-0.15, -0.1) is 0 Å². The lowest BCUT2D eigenvalue weighted by molar-refractivity contribution is -0.148. The van der Waals surface area contributed by atoms with Gasteiger partial charge in [0.05, 0.1) is 11.0 Å². The molecule has 1 heterocycles. The minimum absolute atomic E-state index is 0.130. The number of esters is 1. The van der Waals surface area contributed by atoms with Gasteiger partial charge in [0.2, 0.25) is 5.82 Å². The van der Waals surface area contributed by atoms with E-state index < -0.39 is 24.5 Å². The van der Waals surface area contributed by atoms with Crippen molar-refractivity contribution in [2.45, 2.75) is 12.7 Å². The van der Waals surface area contributed by atoms with Crippen LogP contribution in [-0.4, -0.2) is 21.4 Å². The summed E-state index contributed by atoms with van der Waals surface area (Å²) in [4.78, 5) is 28.1. The second-order valence-electron chi connectivity index (χ2n) is 6.83. The summed E-state index contributed by atoms with van der Waals surface area (Å²) in [6.07, 6.45) is -4.72. The molecule has 0 aliphatic rings. The van der Waals surface area contributed by atoms with Crippen LogP contribution in [-0.2, 0) is 17.5 Å². The number of hydrogen-bond donors (Lipinski definition) is 1. The number of rotatable bonds is 5. The lowest BCUT2D eigenvalue weighted by Gasteiger charge is -2.11. The second kappa shape index (κ2) is 8.54. The molecule has 0 bridgehead atoms. The normalized spacial score (nSPS) is 11.3. The number of benzene rings is 3. The summed E-state index contributed by atoms with van der Waals surface area (Å²) in [5, 5.41) is 2.70. The van der Waals surface area contributed by atoms with Crippen LogP contribution in [0.25, 0.3) is 11.0 Å². The quantitative estimate of drug-likeness (QED) is 0.354. The Bertz CT molecular complexity index is 1270. The number of carbonyl (C=O) groups excluding carboxylic acids is 2. The largest absolute Gasteiger partial charge is 0.449 e. The third-order valence-electron chi connectivity index (χ3n) is 4.58. The fourth-order valence-corrected chi connectivity index (χ4v) is 3.14. The van der Waals surface area contributed by atoms with Crippen molar-refractivity contribution in [2.75, 3.05) is 5.32 Å². The number of nitrogens with one attached hydrogen (secondary N) is 1. The lowest BCUT2D eigenvalue weighted by Crippen LogP contribution is -2.22. The van der Waals surface area contributed by atoms with E-state index in [-0.39, 0.29) is 22.7 Å². The highest BCUT2D eigenvalue weighted by atomic mass is 19.4. The van der Waals surface area contributed by atoms with Crippen LogP contribution in [0.4, 0.5) is 18.9 Å². The maximum absolute atomic E-state index is 13.4. The Hall–Kier alpha value is -4.14. The van der Waals surface area contributed by atoms with Crippen LogP contribution < -0.4 is 10.1 Å². The smallest absolute Gasteiger partial charge is 0.425 e. The van der Waals surface area contributed by atoms with Crippen LogP contribution in [0, 0.1) is 0 Å². The van der Waals surface area contributed by atoms with Crippen molar-refractivity contribution in [3.8, 4) is 5.75 Å². The number of alkyl halides is 3. The van der Waals surface area contributed by atoms with E-state index in [1.54, 1.807) is 42.5 Å². The molecule has 162 valence electrons. The molecule has 9 heteroatoms. The predicted octanol–water partition coefficient (Wildman–Crippen LogP) is 4.91. The van der Waals surface area contributed by atoms with Crippen molar-refractivity contribution in [3.05, 3.63) is 90.3 Å². The zero-order valence-corrected chi connectivity index (χ0v) is 16.5. The highest BCUT2D eigenvalue weighted by Crippen LogP contribution is 2.31. The molecule has 0 atom stereocenters. The average Bonchev–Trinajstić information content (AvgIpc) is 3.14. The van der Waals surface area contributed by atoms with Gasteiger partial charge in [0.1, 0.15) is 12.3 Å². The van der Waals surface area contributed by atoms with Gasteiger partial charge in [0.15, 0.2) is 0 Å². The van der Waals surface area contributed by atoms with E-state index in [0.717, 1.165) is 4.57 Å². The fourth-order valence-electron chi connectivity index (χ4n) is 3.14. The molecule has 0 aliphatic carbocycles. The molecule has 0 radical (unpaired) electrons. The number of halogens is 3. The SMILES string of the molecule is O=C(Cn1c(C(F)(F)F)nc2ccccc21)Oc1ccc(NC(=O)c2ccccc2)cc1. The molecule has 32 heavy (non-hydrogen) atoms. The number of anilines is 1. The highest BCUT2D eigenvalue weighted by Gasteiger charge is 2.38. The third kappa shape index (κ3) is 4.61. The first-order valence-corrected chi connectivity index (χ1v) is 9.51. The molecular weight excluding hydrogens is 423 g/mol. The fraction of sp³-hybridized carbons (Fsp3) is 0.0870. The van der Waals surface area contributed by atoms with Crippen molar-refractivity contribution < 1.29 is 27.5 Å². The van der Waals surface area contributed by atoms with E-state index in [0.29, 0.717) is 11.3 Å². The van der Waals surface area contributed by atoms with E-state index in [1.165, 1.54) is 36.4 Å². The van der Waals surface area contributed by atoms with Gasteiger partial charge in [-0.3, -0.25) is 4.79 Å². The standard InChI is InChI=1S/C23H16F3N3O3/c24-23(25,26)22-28-18-8-4-5-9-19(18)29(22)14-20(30)32-17-12-10-16(11-13-17)27-21(31)15-6-2-1-3-7-15/h1-13H,14H2,(H,27,31). The summed E-state index contributed by atoms with van der Waals surface area (Å²) < 4.78 is 46.1. The predicted molar refractivity (Wildman–Crippen MR) is 111 cm³/mol. The van der Waals surface area contributed by atoms with Gasteiger partial charge in [-0.05, 0) is 48.5 Å². The van der Waals surface area contributed by atoms with E-state index >= 15 is 0 Å². The van der Waals surface area contributed by atoms with E-state index in [2.05, 4.69) is 10.3 Å². The summed E-state index contributed by atoms with van der Waals surface area (Å²) in [6, 6.07) is 20.6. The number of imidazole rings is 1. The van der Waals surface area contributed by atoms with E-state index in [9.17, 15) is 22.8 Å². The van der Waals surface area contributed by atoms with Crippen LogP contribution in [0.15, 0.2) is 78.9 Å². The van der Waals surface area contributed by atoms with Crippen molar-refractivity contribution in [2.24, 2.45) is 0 Å². The molecule has 0 saturated carbocycles. The second-order valence-corrected chi connectivity index (χ2v) is 6.83. The lowest BCUT2D eigenvalue weighted by atomic mass is 10.2. The first-order valence-electron chi connectivity index (χ1n) is 9.51. The molecule has 6 nitrogen and oxygen atoms in total. The van der Waals surface area contributed by atoms with Gasteiger partial charge in [0.25, 0.3) is 5.91 Å². The summed E-state index contributed by atoms with van der Waals surface area (Å²) in [5.41, 5.74) is 1.26. The minimum atomic E-state index is -4.72. The number of ether oxygens (including phenoxy) is 1. The summed E-state index contributed by atoms with van der Waals surface area (Å²) in [7, 11) is 0. The van der Waals surface area contributed by atoms with E-state index in [1.807, 2.05) is 0 Å². The zero-order valence-electron chi connectivity index (χ0n) is 16.5. The third-order valence-corrected chi connectivity index (χ3v) is 4.58. The van der Waals surface area contributed by atoms with Crippen molar-refractivity contribution in [1.29, 1.82) is 0 Å². The molecule has 4 aromatic rings. The Morgan fingerprint density at radius 1 is 0.906 bits per heavy atom. The molecule has 1 N–H and O–H groups in total. The minimum Gasteiger partial charge on any atom is -0.425 e. The molecule has 0 saturated heterocycles. The average molecular weight is 439 g/mol. The Kier molecular flexibility index (Phi) is 5.63. The first kappa shape index (κ1) is 21.1. The van der Waals surface area contributed by atoms with Gasteiger partial charge < -0.3 is 14.6 Å². The van der Waals surface area contributed by atoms with Crippen molar-refractivity contribution in [3.63, 3.8) is 0 Å². The Morgan fingerprint density at radius 3 is 2.25 bits per heavy atom. The number of para-hydroxylation sites is 2. The van der Waals surface area contributed by atoms with Gasteiger partial charge in [-0.25, -0.2) is 9.78 Å². The van der Waals surface area contributed by atoms with Crippen LogP contribution in [0.5, 0.6) is 5.75 Å². The maximum atomic E-state index is 13.4. The maximum Gasteiger partial charge on any atom is 0.449 e. The number of hydrogen-bond acceptors (Lipinski definition) is 4. The molecule has 0 aliphatic heterocycles. The first-order chi connectivity index (χ1) is 15.3. The van der Waals surface area contributed by atoms with Crippen LogP contribution in [0.2, 0.25) is 0 Å². The van der Waals surface area contributed by atoms with E-state index in [4.69, 9.17) is 4.74 Å². The molecule has 1 aromatic heterocycles. The zero-order chi connectivity index (χ0) is 22.7. The molecule has 3 aromatic carbocycles. The van der Waals surface area contributed by atoms with Gasteiger partial charge >= 0.3 is 12.1 Å². The Balaban J connectivity index is 1.46. The number of carbonyl (C=O) groups is 2.